The van der Waals surface area contributed by atoms with Crippen molar-refractivity contribution in [3.8, 4) is 0 Å². The molecule has 1 aromatic rings. The third-order valence-electron chi connectivity index (χ3n) is 1.29. The van der Waals surface area contributed by atoms with Crippen molar-refractivity contribution < 1.29 is 5.11 Å². The van der Waals surface area contributed by atoms with E-state index < -0.39 is 0 Å². The van der Waals surface area contributed by atoms with Gasteiger partial charge < -0.3 is 5.11 Å². The average Bonchev–Trinajstić information content (AvgIpc) is 1.93. The maximum Gasteiger partial charge on any atom is 0.0589 e. The van der Waals surface area contributed by atoms with Gasteiger partial charge in [0.2, 0.25) is 0 Å². The second-order valence-electron chi connectivity index (χ2n) is 2.52. The lowest BCUT2D eigenvalue weighted by Crippen LogP contribution is -2.05. The van der Waals surface area contributed by atoms with Crippen molar-refractivity contribution >= 4 is 11.6 Å². The Hall–Kier alpha value is -0.600. The minimum atomic E-state index is -0.344. The molecule has 0 amide bonds. The van der Waals surface area contributed by atoms with Crippen molar-refractivity contribution in [3.05, 3.63) is 29.0 Å². The van der Waals surface area contributed by atoms with Crippen LogP contribution in [0.15, 0.2) is 18.3 Å². The molecular weight excluding hydrogens is 162 g/mol. The maximum absolute atomic E-state index is 9.00. The van der Waals surface area contributed by atoms with Crippen molar-refractivity contribution in [2.24, 2.45) is 0 Å². The molecule has 1 heterocycles. The Kier molecular flexibility index (Phi) is 2.85. The Labute approximate surface area is 70.8 Å². The van der Waals surface area contributed by atoms with Gasteiger partial charge >= 0.3 is 0 Å². The van der Waals surface area contributed by atoms with E-state index in [0.29, 0.717) is 11.4 Å². The minimum Gasteiger partial charge on any atom is -0.393 e. The summed E-state index contributed by atoms with van der Waals surface area (Å²) in [5, 5.41) is 9.63. The highest BCUT2D eigenvalue weighted by molar-refractivity contribution is 6.30. The number of aliphatic hydroxyl groups is 1. The first-order chi connectivity index (χ1) is 5.18. The first-order valence-electron chi connectivity index (χ1n) is 3.47. The Morgan fingerprint density at radius 3 is 2.82 bits per heavy atom. The summed E-state index contributed by atoms with van der Waals surface area (Å²) in [6.45, 7) is 1.73. The van der Waals surface area contributed by atoms with Crippen LogP contribution in [0.25, 0.3) is 0 Å². The predicted molar refractivity (Wildman–Crippen MR) is 44.6 cm³/mol. The zero-order valence-electron chi connectivity index (χ0n) is 6.29. The van der Waals surface area contributed by atoms with Gasteiger partial charge in [-0.15, -0.1) is 0 Å². The molecule has 0 aliphatic heterocycles. The topological polar surface area (TPSA) is 33.1 Å². The van der Waals surface area contributed by atoms with E-state index in [1.165, 1.54) is 0 Å². The SMILES string of the molecule is C[C@H](O)Cc1ccc(Cl)cn1. The maximum atomic E-state index is 9.00. The van der Waals surface area contributed by atoms with Crippen molar-refractivity contribution in [3.63, 3.8) is 0 Å². The van der Waals surface area contributed by atoms with Crippen LogP contribution in [0, 0.1) is 0 Å². The monoisotopic (exact) mass is 171 g/mol. The lowest BCUT2D eigenvalue weighted by Gasteiger charge is -2.01. The zero-order chi connectivity index (χ0) is 8.27. The molecule has 0 aliphatic carbocycles. The number of pyridine rings is 1. The van der Waals surface area contributed by atoms with Gasteiger partial charge in [0.05, 0.1) is 11.1 Å². The Balaban J connectivity index is 2.66. The molecule has 0 saturated heterocycles. The minimum absolute atomic E-state index is 0.344. The van der Waals surface area contributed by atoms with Crippen molar-refractivity contribution in [1.29, 1.82) is 0 Å². The summed E-state index contributed by atoms with van der Waals surface area (Å²) in [6.07, 6.45) is 1.82. The summed E-state index contributed by atoms with van der Waals surface area (Å²) < 4.78 is 0. The smallest absolute Gasteiger partial charge is 0.0589 e. The van der Waals surface area contributed by atoms with Crippen LogP contribution in [-0.2, 0) is 6.42 Å². The fourth-order valence-corrected chi connectivity index (χ4v) is 0.942. The lowest BCUT2D eigenvalue weighted by atomic mass is 10.2. The molecule has 0 spiro atoms. The van der Waals surface area contributed by atoms with Crippen LogP contribution < -0.4 is 0 Å². The van der Waals surface area contributed by atoms with Crippen LogP contribution >= 0.6 is 11.6 Å². The third-order valence-corrected chi connectivity index (χ3v) is 1.52. The van der Waals surface area contributed by atoms with Gasteiger partial charge in [0, 0.05) is 18.3 Å². The van der Waals surface area contributed by atoms with Gasteiger partial charge in [0.1, 0.15) is 0 Å². The molecule has 11 heavy (non-hydrogen) atoms. The molecule has 0 aromatic carbocycles. The molecule has 2 nitrogen and oxygen atoms in total. The van der Waals surface area contributed by atoms with Gasteiger partial charge in [0.15, 0.2) is 0 Å². The number of aromatic nitrogens is 1. The van der Waals surface area contributed by atoms with Crippen LogP contribution in [0.1, 0.15) is 12.6 Å². The number of rotatable bonds is 2. The molecule has 1 N–H and O–H groups in total. The molecular formula is C8H10ClNO. The van der Waals surface area contributed by atoms with Gasteiger partial charge in [-0.3, -0.25) is 4.98 Å². The van der Waals surface area contributed by atoms with Crippen LogP contribution in [0.5, 0.6) is 0 Å². The Bertz CT molecular complexity index is 220. The molecule has 0 aliphatic rings. The molecule has 0 unspecified atom stereocenters. The number of hydrogen-bond donors (Lipinski definition) is 1. The van der Waals surface area contributed by atoms with E-state index in [1.807, 2.05) is 6.07 Å². The van der Waals surface area contributed by atoms with Gasteiger partial charge in [0.25, 0.3) is 0 Å². The molecule has 1 rings (SSSR count). The number of hydrogen-bond acceptors (Lipinski definition) is 2. The predicted octanol–water partition coefficient (Wildman–Crippen LogP) is 1.66. The Morgan fingerprint density at radius 1 is 1.64 bits per heavy atom. The highest BCUT2D eigenvalue weighted by atomic mass is 35.5. The lowest BCUT2D eigenvalue weighted by molar-refractivity contribution is 0.194. The molecule has 0 saturated carbocycles. The summed E-state index contributed by atoms with van der Waals surface area (Å²) in [5.41, 5.74) is 0.865. The summed E-state index contributed by atoms with van der Waals surface area (Å²) >= 11 is 5.62. The normalized spacial score (nSPS) is 13.0. The quantitative estimate of drug-likeness (QED) is 0.734. The number of aliphatic hydroxyl groups excluding tert-OH is 1. The fraction of sp³-hybridized carbons (Fsp3) is 0.375. The summed E-state index contributed by atoms with van der Waals surface area (Å²) in [5.74, 6) is 0. The first-order valence-corrected chi connectivity index (χ1v) is 3.85. The van der Waals surface area contributed by atoms with E-state index in [-0.39, 0.29) is 6.10 Å². The number of halogens is 1. The average molecular weight is 172 g/mol. The standard InChI is InChI=1S/C8H10ClNO/c1-6(11)4-8-3-2-7(9)5-10-8/h2-3,5-6,11H,4H2,1H3/t6-/m0/s1. The van der Waals surface area contributed by atoms with Crippen LogP contribution in [0.4, 0.5) is 0 Å². The second kappa shape index (κ2) is 3.69. The molecule has 1 aromatic heterocycles. The Morgan fingerprint density at radius 2 is 2.36 bits per heavy atom. The van der Waals surface area contributed by atoms with E-state index in [9.17, 15) is 0 Å². The summed E-state index contributed by atoms with van der Waals surface area (Å²) in [7, 11) is 0. The fourth-order valence-electron chi connectivity index (χ4n) is 0.830. The molecule has 3 heteroatoms. The second-order valence-corrected chi connectivity index (χ2v) is 2.96. The van der Waals surface area contributed by atoms with Gasteiger partial charge in [-0.2, -0.15) is 0 Å². The largest absolute Gasteiger partial charge is 0.393 e. The molecule has 0 bridgehead atoms. The van der Waals surface area contributed by atoms with Crippen molar-refractivity contribution in [2.45, 2.75) is 19.4 Å². The molecule has 0 radical (unpaired) electrons. The molecule has 1 atom stereocenters. The van der Waals surface area contributed by atoms with Crippen LogP contribution in [-0.4, -0.2) is 16.2 Å². The van der Waals surface area contributed by atoms with Gasteiger partial charge in [-0.25, -0.2) is 0 Å². The third kappa shape index (κ3) is 2.87. The first kappa shape index (κ1) is 8.50. The van der Waals surface area contributed by atoms with E-state index >= 15 is 0 Å². The summed E-state index contributed by atoms with van der Waals surface area (Å²) in [4.78, 5) is 4.03. The number of nitrogens with zero attached hydrogens (tertiary/aromatic N) is 1. The highest BCUT2D eigenvalue weighted by Gasteiger charge is 1.98. The van der Waals surface area contributed by atoms with Crippen LogP contribution in [0.2, 0.25) is 5.02 Å². The highest BCUT2D eigenvalue weighted by Crippen LogP contribution is 2.07. The van der Waals surface area contributed by atoms with Crippen molar-refractivity contribution in [2.75, 3.05) is 0 Å². The van der Waals surface area contributed by atoms with E-state index in [0.717, 1.165) is 5.69 Å². The van der Waals surface area contributed by atoms with Crippen LogP contribution in [0.3, 0.4) is 0 Å². The molecule has 60 valence electrons. The molecule has 0 fully saturated rings. The van der Waals surface area contributed by atoms with Crippen molar-refractivity contribution in [1.82, 2.24) is 4.98 Å². The van der Waals surface area contributed by atoms with Gasteiger partial charge in [-0.05, 0) is 19.1 Å². The van der Waals surface area contributed by atoms with E-state index in [4.69, 9.17) is 16.7 Å². The van der Waals surface area contributed by atoms with E-state index in [2.05, 4.69) is 4.98 Å². The van der Waals surface area contributed by atoms with Gasteiger partial charge in [-0.1, -0.05) is 11.6 Å². The summed E-state index contributed by atoms with van der Waals surface area (Å²) in [6, 6.07) is 3.58. The van der Waals surface area contributed by atoms with E-state index in [1.54, 1.807) is 19.2 Å². The zero-order valence-corrected chi connectivity index (χ0v) is 7.04.